The minimum absolute atomic E-state index is 0.0210. The van der Waals surface area contributed by atoms with Crippen LogP contribution in [0.3, 0.4) is 0 Å². The number of benzene rings is 2. The highest BCUT2D eigenvalue weighted by Crippen LogP contribution is 2.35. The Balaban J connectivity index is 1.29. The number of thiazole rings is 1. The maximum absolute atomic E-state index is 13.3. The van der Waals surface area contributed by atoms with E-state index in [9.17, 15) is 18.0 Å². The molecule has 33 heavy (non-hydrogen) atoms. The number of fused-ring (bicyclic) bond motifs is 1. The molecule has 5 rings (SSSR count). The molecule has 0 spiro atoms. The van der Waals surface area contributed by atoms with Gasteiger partial charge in [0.25, 0.3) is 5.91 Å². The normalized spacial score (nSPS) is 16.6. The molecule has 0 saturated carbocycles. The van der Waals surface area contributed by atoms with Crippen molar-refractivity contribution < 1.29 is 18.0 Å². The molecule has 5 nitrogen and oxygen atoms in total. The quantitative estimate of drug-likeness (QED) is 0.530. The van der Waals surface area contributed by atoms with E-state index in [-0.39, 0.29) is 5.91 Å². The summed E-state index contributed by atoms with van der Waals surface area (Å²) in [6.07, 6.45) is 3.53. The number of alkyl halides is 3. The number of allylic oxidation sites excluding steroid dienone is 2. The molecule has 1 fully saturated rings. The lowest BCUT2D eigenvalue weighted by atomic mass is 10.1. The smallest absolute Gasteiger partial charge is 0.345 e. The number of piperazine rings is 1. The number of halogens is 3. The van der Waals surface area contributed by atoms with E-state index in [2.05, 4.69) is 4.98 Å². The predicted molar refractivity (Wildman–Crippen MR) is 125 cm³/mol. The molecule has 3 aromatic rings. The first-order valence-corrected chi connectivity index (χ1v) is 11.4. The molecule has 1 aromatic heterocycles. The van der Waals surface area contributed by atoms with E-state index < -0.39 is 11.7 Å². The zero-order valence-electron chi connectivity index (χ0n) is 17.6. The van der Waals surface area contributed by atoms with Crippen LogP contribution in [0.4, 0.5) is 24.0 Å². The number of carbonyl (C=O) groups excluding carboxylic acids is 1. The first-order valence-electron chi connectivity index (χ1n) is 10.6. The van der Waals surface area contributed by atoms with Crippen LogP contribution in [0.25, 0.3) is 10.2 Å². The molecule has 0 atom stereocenters. The van der Waals surface area contributed by atoms with Crippen LogP contribution in [0.15, 0.2) is 66.9 Å². The zero-order chi connectivity index (χ0) is 23.0. The van der Waals surface area contributed by atoms with Gasteiger partial charge in [0.15, 0.2) is 5.13 Å². The third-order valence-electron chi connectivity index (χ3n) is 5.80. The standard InChI is InChI=1S/C24H21F3N4OS/c25-24(26,27)17-8-9-21-19(16-17)28-23(33-21)31-14-12-30(13-15-31)22(32)18-6-2-3-7-20(18)29-10-4-1-5-11-29/h1-10,16H,11-15H2. The highest BCUT2D eigenvalue weighted by molar-refractivity contribution is 7.22. The van der Waals surface area contributed by atoms with Gasteiger partial charge in [0.2, 0.25) is 0 Å². The van der Waals surface area contributed by atoms with Crippen LogP contribution in [-0.2, 0) is 6.18 Å². The van der Waals surface area contributed by atoms with Crippen molar-refractivity contribution in [2.75, 3.05) is 42.5 Å². The Labute approximate surface area is 193 Å². The lowest BCUT2D eigenvalue weighted by Gasteiger charge is -2.35. The van der Waals surface area contributed by atoms with Gasteiger partial charge in [0, 0.05) is 38.9 Å². The van der Waals surface area contributed by atoms with Gasteiger partial charge in [-0.3, -0.25) is 4.79 Å². The Bertz CT molecular complexity index is 1240. The number of hydrogen-bond donors (Lipinski definition) is 0. The molecular formula is C24H21F3N4OS. The molecule has 0 bridgehead atoms. The van der Waals surface area contributed by atoms with E-state index >= 15 is 0 Å². The summed E-state index contributed by atoms with van der Waals surface area (Å²) in [7, 11) is 0. The highest BCUT2D eigenvalue weighted by Gasteiger charge is 2.31. The van der Waals surface area contributed by atoms with Gasteiger partial charge in [0.05, 0.1) is 27.0 Å². The summed E-state index contributed by atoms with van der Waals surface area (Å²) in [5.74, 6) is -0.0210. The number of rotatable bonds is 3. The number of aromatic nitrogens is 1. The summed E-state index contributed by atoms with van der Waals surface area (Å²) < 4.78 is 39.7. The van der Waals surface area contributed by atoms with Gasteiger partial charge in [0.1, 0.15) is 0 Å². The molecule has 170 valence electrons. The largest absolute Gasteiger partial charge is 0.416 e. The molecule has 9 heteroatoms. The fraction of sp³-hybridized carbons (Fsp3) is 0.250. The van der Waals surface area contributed by atoms with Crippen LogP contribution in [0.5, 0.6) is 0 Å². The van der Waals surface area contributed by atoms with Crippen molar-refractivity contribution in [3.8, 4) is 0 Å². The summed E-state index contributed by atoms with van der Waals surface area (Å²) in [4.78, 5) is 23.6. The number of carbonyl (C=O) groups is 1. The average Bonchev–Trinajstić information content (AvgIpc) is 3.27. The third kappa shape index (κ3) is 4.32. The fourth-order valence-electron chi connectivity index (χ4n) is 4.05. The fourth-order valence-corrected chi connectivity index (χ4v) is 5.05. The van der Waals surface area contributed by atoms with Crippen molar-refractivity contribution in [3.63, 3.8) is 0 Å². The summed E-state index contributed by atoms with van der Waals surface area (Å²) in [5.41, 5.74) is 1.18. The summed E-state index contributed by atoms with van der Waals surface area (Å²) >= 11 is 1.37. The van der Waals surface area contributed by atoms with Gasteiger partial charge in [-0.05, 0) is 36.4 Å². The van der Waals surface area contributed by atoms with Crippen LogP contribution in [0, 0.1) is 0 Å². The first kappa shape index (κ1) is 21.5. The lowest BCUT2D eigenvalue weighted by molar-refractivity contribution is -0.137. The zero-order valence-corrected chi connectivity index (χ0v) is 18.4. The molecular weight excluding hydrogens is 449 g/mol. The first-order chi connectivity index (χ1) is 15.9. The van der Waals surface area contributed by atoms with Crippen molar-refractivity contribution in [2.24, 2.45) is 0 Å². The van der Waals surface area contributed by atoms with Gasteiger partial charge >= 0.3 is 6.18 Å². The molecule has 0 unspecified atom stereocenters. The maximum atomic E-state index is 13.3. The van der Waals surface area contributed by atoms with Crippen molar-refractivity contribution in [3.05, 3.63) is 78.0 Å². The number of para-hydroxylation sites is 1. The van der Waals surface area contributed by atoms with E-state index in [1.807, 2.05) is 63.4 Å². The molecule has 3 heterocycles. The Hall–Kier alpha value is -3.33. The highest BCUT2D eigenvalue weighted by atomic mass is 32.1. The SMILES string of the molecule is O=C(c1ccccc1N1C=CC=CC1)N1CCN(c2nc3cc(C(F)(F)F)ccc3s2)CC1. The van der Waals surface area contributed by atoms with Gasteiger partial charge < -0.3 is 14.7 Å². The summed E-state index contributed by atoms with van der Waals surface area (Å²) in [6.45, 7) is 2.90. The lowest BCUT2D eigenvalue weighted by Crippen LogP contribution is -2.49. The monoisotopic (exact) mass is 470 g/mol. The van der Waals surface area contributed by atoms with Crippen LogP contribution in [0.2, 0.25) is 0 Å². The molecule has 0 radical (unpaired) electrons. The van der Waals surface area contributed by atoms with Gasteiger partial charge in [-0.15, -0.1) is 0 Å². The topological polar surface area (TPSA) is 39.7 Å². The summed E-state index contributed by atoms with van der Waals surface area (Å²) in [5, 5.41) is 0.682. The van der Waals surface area contributed by atoms with Gasteiger partial charge in [-0.2, -0.15) is 13.2 Å². The molecule has 2 aromatic carbocycles. The second-order valence-electron chi connectivity index (χ2n) is 7.90. The Morgan fingerprint density at radius 2 is 1.79 bits per heavy atom. The average molecular weight is 471 g/mol. The summed E-state index contributed by atoms with van der Waals surface area (Å²) in [6, 6.07) is 11.2. The van der Waals surface area contributed by atoms with Crippen molar-refractivity contribution in [1.82, 2.24) is 9.88 Å². The minimum atomic E-state index is -4.39. The molecule has 0 aliphatic carbocycles. The van der Waals surface area contributed by atoms with Gasteiger partial charge in [-0.1, -0.05) is 35.6 Å². The Morgan fingerprint density at radius 1 is 1.00 bits per heavy atom. The van der Waals surface area contributed by atoms with Gasteiger partial charge in [-0.25, -0.2) is 4.98 Å². The number of nitrogens with zero attached hydrogens (tertiary/aromatic N) is 4. The minimum Gasteiger partial charge on any atom is -0.345 e. The van der Waals surface area contributed by atoms with E-state index in [1.165, 1.54) is 17.4 Å². The predicted octanol–water partition coefficient (Wildman–Crippen LogP) is 5.17. The second-order valence-corrected chi connectivity index (χ2v) is 8.90. The van der Waals surface area contributed by atoms with E-state index in [4.69, 9.17) is 0 Å². The van der Waals surface area contributed by atoms with Crippen LogP contribution >= 0.6 is 11.3 Å². The second kappa shape index (κ2) is 8.55. The van der Waals surface area contributed by atoms with Crippen molar-refractivity contribution >= 4 is 38.3 Å². The van der Waals surface area contributed by atoms with Crippen molar-refractivity contribution in [1.29, 1.82) is 0 Å². The van der Waals surface area contributed by atoms with Crippen molar-refractivity contribution in [2.45, 2.75) is 6.18 Å². The van der Waals surface area contributed by atoms with E-state index in [0.29, 0.717) is 53.6 Å². The molecule has 1 amide bonds. The molecule has 2 aliphatic rings. The third-order valence-corrected chi connectivity index (χ3v) is 6.90. The molecule has 0 N–H and O–H groups in total. The molecule has 2 aliphatic heterocycles. The Kier molecular flexibility index (Phi) is 5.57. The van der Waals surface area contributed by atoms with E-state index in [1.54, 1.807) is 0 Å². The Morgan fingerprint density at radius 3 is 2.52 bits per heavy atom. The van der Waals surface area contributed by atoms with Crippen LogP contribution in [-0.4, -0.2) is 48.5 Å². The number of hydrogen-bond acceptors (Lipinski definition) is 5. The maximum Gasteiger partial charge on any atom is 0.416 e. The van der Waals surface area contributed by atoms with Crippen LogP contribution < -0.4 is 9.80 Å². The molecule has 1 saturated heterocycles. The van der Waals surface area contributed by atoms with E-state index in [0.717, 1.165) is 17.8 Å². The van der Waals surface area contributed by atoms with Crippen LogP contribution in [0.1, 0.15) is 15.9 Å². The number of amides is 1. The number of anilines is 2.